The monoisotopic (exact) mass is 393 g/mol. The van der Waals surface area contributed by atoms with Crippen LogP contribution in [-0.2, 0) is 0 Å². The third-order valence-electron chi connectivity index (χ3n) is 4.93. The largest absolute Gasteiger partial charge is 0.336 e. The second-order valence-electron chi connectivity index (χ2n) is 6.95. The zero-order valence-electron chi connectivity index (χ0n) is 15.9. The molecule has 0 unspecified atom stereocenters. The van der Waals surface area contributed by atoms with E-state index in [4.69, 9.17) is 9.97 Å². The zero-order valence-corrected chi connectivity index (χ0v) is 15.9. The van der Waals surface area contributed by atoms with Crippen LogP contribution in [0, 0.1) is 6.92 Å². The minimum atomic E-state index is 0.623. The van der Waals surface area contributed by atoms with E-state index in [9.17, 15) is 0 Å². The van der Waals surface area contributed by atoms with Crippen molar-refractivity contribution in [1.29, 1.82) is 0 Å². The Morgan fingerprint density at radius 3 is 2.73 bits per heavy atom. The fraction of sp³-hybridized carbons (Fsp3) is 0.0476. The second kappa shape index (κ2) is 6.31. The van der Waals surface area contributed by atoms with E-state index >= 15 is 0 Å². The van der Waals surface area contributed by atoms with Gasteiger partial charge >= 0.3 is 0 Å². The van der Waals surface area contributed by atoms with Crippen molar-refractivity contribution in [2.45, 2.75) is 6.92 Å². The van der Waals surface area contributed by atoms with Gasteiger partial charge in [-0.25, -0.2) is 19.9 Å². The highest BCUT2D eigenvalue weighted by Crippen LogP contribution is 2.28. The maximum atomic E-state index is 4.81. The van der Waals surface area contributed by atoms with E-state index in [1.54, 1.807) is 24.9 Å². The number of aromatic amines is 2. The van der Waals surface area contributed by atoms with Crippen LogP contribution in [0.1, 0.15) is 5.69 Å². The van der Waals surface area contributed by atoms with Crippen molar-refractivity contribution >= 4 is 22.1 Å². The minimum absolute atomic E-state index is 0.623. The lowest BCUT2D eigenvalue weighted by Crippen LogP contribution is -1.95. The summed E-state index contributed by atoms with van der Waals surface area (Å²) < 4.78 is 1.86. The molecule has 0 spiro atoms. The molecular formula is C21H15N9. The molecule has 9 nitrogen and oxygen atoms in total. The van der Waals surface area contributed by atoms with Crippen LogP contribution in [0.25, 0.3) is 50.7 Å². The van der Waals surface area contributed by atoms with E-state index in [2.05, 4.69) is 30.1 Å². The third-order valence-corrected chi connectivity index (χ3v) is 4.93. The number of nitrogens with zero attached hydrogens (tertiary/aromatic N) is 7. The first-order chi connectivity index (χ1) is 14.8. The van der Waals surface area contributed by atoms with E-state index in [0.29, 0.717) is 17.3 Å². The molecule has 6 heterocycles. The molecule has 0 aliphatic rings. The molecule has 6 aromatic heterocycles. The summed E-state index contributed by atoms with van der Waals surface area (Å²) >= 11 is 0. The molecule has 0 aromatic carbocycles. The van der Waals surface area contributed by atoms with Gasteiger partial charge in [-0.05, 0) is 37.3 Å². The van der Waals surface area contributed by atoms with Gasteiger partial charge in [-0.3, -0.25) is 14.6 Å². The number of imidazole rings is 2. The number of fused-ring (bicyclic) bond motifs is 2. The summed E-state index contributed by atoms with van der Waals surface area (Å²) in [6.07, 6.45) is 8.93. The van der Waals surface area contributed by atoms with Gasteiger partial charge in [0.15, 0.2) is 17.3 Å². The molecule has 0 aliphatic heterocycles. The van der Waals surface area contributed by atoms with Gasteiger partial charge in [0.25, 0.3) is 0 Å². The molecule has 0 amide bonds. The summed E-state index contributed by atoms with van der Waals surface area (Å²) in [6.45, 7) is 1.94. The van der Waals surface area contributed by atoms with Crippen LogP contribution in [0.2, 0.25) is 0 Å². The molecule has 0 fully saturated rings. The van der Waals surface area contributed by atoms with Crippen LogP contribution in [0.5, 0.6) is 0 Å². The van der Waals surface area contributed by atoms with Crippen molar-refractivity contribution in [2.24, 2.45) is 0 Å². The van der Waals surface area contributed by atoms with Gasteiger partial charge in [-0.2, -0.15) is 5.10 Å². The number of H-pyrrole nitrogens is 2. The lowest BCUT2D eigenvalue weighted by atomic mass is 10.2. The lowest BCUT2D eigenvalue weighted by molar-refractivity contribution is 1.00. The fourth-order valence-electron chi connectivity index (χ4n) is 3.50. The predicted octanol–water partition coefficient (Wildman–Crippen LogP) is 3.45. The summed E-state index contributed by atoms with van der Waals surface area (Å²) in [4.78, 5) is 25.9. The van der Waals surface area contributed by atoms with Gasteiger partial charge in [0.1, 0.15) is 17.4 Å². The van der Waals surface area contributed by atoms with Crippen LogP contribution in [-0.4, -0.2) is 44.7 Å². The Balaban J connectivity index is 1.52. The van der Waals surface area contributed by atoms with Crippen molar-refractivity contribution < 1.29 is 0 Å². The molecular weight excluding hydrogens is 378 g/mol. The lowest BCUT2D eigenvalue weighted by Gasteiger charge is -2.00. The van der Waals surface area contributed by atoms with Crippen molar-refractivity contribution in [3.05, 3.63) is 67.1 Å². The van der Waals surface area contributed by atoms with Gasteiger partial charge in [0, 0.05) is 30.4 Å². The molecule has 9 heteroatoms. The van der Waals surface area contributed by atoms with Crippen molar-refractivity contribution in [3.8, 4) is 28.6 Å². The zero-order chi connectivity index (χ0) is 20.1. The van der Waals surface area contributed by atoms with E-state index < -0.39 is 0 Å². The number of aryl methyl sites for hydroxylation is 1. The van der Waals surface area contributed by atoms with Crippen LogP contribution in [0.15, 0.2) is 61.4 Å². The SMILES string of the molecule is Cc1cn(-c2nccc3[nH]c(-c4n[nH]c5ccc(-c6cccnc6)nc45)nc23)cn1. The second-order valence-corrected chi connectivity index (χ2v) is 6.95. The van der Waals surface area contributed by atoms with Crippen molar-refractivity contribution in [3.63, 3.8) is 0 Å². The molecule has 2 N–H and O–H groups in total. The summed E-state index contributed by atoms with van der Waals surface area (Å²) in [5.41, 5.74) is 6.51. The van der Waals surface area contributed by atoms with Gasteiger partial charge in [0.2, 0.25) is 0 Å². The highest BCUT2D eigenvalue weighted by Gasteiger charge is 2.17. The summed E-state index contributed by atoms with van der Waals surface area (Å²) in [7, 11) is 0. The number of pyridine rings is 3. The summed E-state index contributed by atoms with van der Waals surface area (Å²) in [6, 6.07) is 9.67. The molecule has 0 saturated carbocycles. The Morgan fingerprint density at radius 2 is 1.90 bits per heavy atom. The maximum Gasteiger partial charge on any atom is 0.166 e. The molecule has 144 valence electrons. The number of aromatic nitrogens is 9. The van der Waals surface area contributed by atoms with Crippen LogP contribution in [0.4, 0.5) is 0 Å². The van der Waals surface area contributed by atoms with E-state index in [0.717, 1.165) is 39.0 Å². The van der Waals surface area contributed by atoms with Crippen LogP contribution in [0.3, 0.4) is 0 Å². The quantitative estimate of drug-likeness (QED) is 0.476. The van der Waals surface area contributed by atoms with Gasteiger partial charge in [-0.15, -0.1) is 0 Å². The number of hydrogen-bond acceptors (Lipinski definition) is 6. The molecule has 0 radical (unpaired) electrons. The predicted molar refractivity (Wildman–Crippen MR) is 112 cm³/mol. The van der Waals surface area contributed by atoms with E-state index in [1.807, 2.05) is 48.0 Å². The standard InChI is InChI=1S/C21H15N9/c1-12-10-30(11-24-12)21-18-15(6-8-23-21)26-20(27-18)19-17-16(28-29-19)5-4-14(25-17)13-3-2-7-22-9-13/h2-11H,1H3,(H,26,27)(H,28,29). The normalized spacial score (nSPS) is 11.5. The first-order valence-electron chi connectivity index (χ1n) is 9.38. The van der Waals surface area contributed by atoms with E-state index in [-0.39, 0.29) is 0 Å². The Bertz CT molecular complexity index is 1510. The van der Waals surface area contributed by atoms with Crippen molar-refractivity contribution in [2.75, 3.05) is 0 Å². The van der Waals surface area contributed by atoms with Gasteiger partial charge in [-0.1, -0.05) is 0 Å². The van der Waals surface area contributed by atoms with Crippen LogP contribution >= 0.6 is 0 Å². The number of hydrogen-bond donors (Lipinski definition) is 2. The van der Waals surface area contributed by atoms with Crippen LogP contribution < -0.4 is 0 Å². The first kappa shape index (κ1) is 16.5. The van der Waals surface area contributed by atoms with E-state index in [1.165, 1.54) is 0 Å². The highest BCUT2D eigenvalue weighted by molar-refractivity contribution is 5.92. The first-order valence-corrected chi connectivity index (χ1v) is 9.38. The topological polar surface area (TPSA) is 114 Å². The Kier molecular flexibility index (Phi) is 3.48. The fourth-order valence-corrected chi connectivity index (χ4v) is 3.50. The smallest absolute Gasteiger partial charge is 0.166 e. The highest BCUT2D eigenvalue weighted by atomic mass is 15.2. The Morgan fingerprint density at radius 1 is 0.933 bits per heavy atom. The average Bonchev–Trinajstić information content (AvgIpc) is 3.51. The minimum Gasteiger partial charge on any atom is -0.336 e. The average molecular weight is 393 g/mol. The maximum absolute atomic E-state index is 4.81. The molecule has 30 heavy (non-hydrogen) atoms. The molecule has 6 rings (SSSR count). The molecule has 0 atom stereocenters. The van der Waals surface area contributed by atoms with Crippen molar-refractivity contribution in [1.82, 2.24) is 44.7 Å². The van der Waals surface area contributed by atoms with Gasteiger partial charge < -0.3 is 4.98 Å². The Labute approximate surface area is 169 Å². The Hall–Kier alpha value is -4.40. The number of rotatable bonds is 3. The summed E-state index contributed by atoms with van der Waals surface area (Å²) in [5.74, 6) is 1.33. The number of nitrogens with one attached hydrogen (secondary N) is 2. The molecule has 6 aromatic rings. The van der Waals surface area contributed by atoms with Gasteiger partial charge in [0.05, 0.1) is 22.4 Å². The molecule has 0 saturated heterocycles. The molecule has 0 aliphatic carbocycles. The third kappa shape index (κ3) is 2.56. The molecule has 0 bridgehead atoms. The summed E-state index contributed by atoms with van der Waals surface area (Å²) in [5, 5.41) is 7.51.